The zero-order chi connectivity index (χ0) is 12.3. The second-order valence-electron chi connectivity index (χ2n) is 5.42. The smallest absolute Gasteiger partial charge is 0.0383 e. The van der Waals surface area contributed by atoms with Crippen LogP contribution in [0.2, 0.25) is 0 Å². The first-order chi connectivity index (χ1) is 7.40. The minimum Gasteiger partial charge on any atom is -0.310 e. The molecule has 1 fully saturated rings. The fraction of sp³-hybridized carbons (Fsp3) is 1.00. The van der Waals surface area contributed by atoms with Gasteiger partial charge in [-0.3, -0.25) is 4.21 Å². The summed E-state index contributed by atoms with van der Waals surface area (Å²) in [5.41, 5.74) is 0. The monoisotopic (exact) mass is 246 g/mol. The standard InChI is InChI=1S/C12H26N2OS/c1-9-7-14(4)11(3)6-12(9)13-10(2)8-16(5)15/h9-13H,6-8H2,1-5H3. The molecule has 0 spiro atoms. The van der Waals surface area contributed by atoms with E-state index in [1.54, 1.807) is 6.26 Å². The van der Waals surface area contributed by atoms with E-state index in [1.807, 2.05) is 0 Å². The lowest BCUT2D eigenvalue weighted by molar-refractivity contribution is 0.118. The Labute approximate surface area is 102 Å². The maximum Gasteiger partial charge on any atom is 0.0383 e. The Balaban J connectivity index is 2.44. The fourth-order valence-electron chi connectivity index (χ4n) is 2.54. The Morgan fingerprint density at radius 3 is 2.69 bits per heavy atom. The quantitative estimate of drug-likeness (QED) is 0.805. The normalized spacial score (nSPS) is 35.9. The SMILES string of the molecule is CC(CS(C)=O)NC1CC(C)N(C)CC1C. The first-order valence-electron chi connectivity index (χ1n) is 6.16. The second-order valence-corrected chi connectivity index (χ2v) is 6.90. The molecule has 0 saturated carbocycles. The molecular weight excluding hydrogens is 220 g/mol. The van der Waals surface area contributed by atoms with Crippen LogP contribution < -0.4 is 5.32 Å². The van der Waals surface area contributed by atoms with Crippen LogP contribution in [-0.2, 0) is 10.8 Å². The van der Waals surface area contributed by atoms with Gasteiger partial charge >= 0.3 is 0 Å². The molecule has 3 nitrogen and oxygen atoms in total. The predicted octanol–water partition coefficient (Wildman–Crippen LogP) is 1.07. The van der Waals surface area contributed by atoms with Gasteiger partial charge in [-0.1, -0.05) is 6.92 Å². The third kappa shape index (κ3) is 4.15. The van der Waals surface area contributed by atoms with Gasteiger partial charge in [-0.2, -0.15) is 0 Å². The average molecular weight is 246 g/mol. The van der Waals surface area contributed by atoms with Crippen LogP contribution in [0.4, 0.5) is 0 Å². The van der Waals surface area contributed by atoms with E-state index in [-0.39, 0.29) is 0 Å². The summed E-state index contributed by atoms with van der Waals surface area (Å²) in [7, 11) is 1.50. The minimum absolute atomic E-state index is 0.355. The van der Waals surface area contributed by atoms with Gasteiger partial charge in [0.2, 0.25) is 0 Å². The van der Waals surface area contributed by atoms with E-state index in [1.165, 1.54) is 6.42 Å². The number of nitrogens with one attached hydrogen (secondary N) is 1. The second kappa shape index (κ2) is 6.12. The lowest BCUT2D eigenvalue weighted by atomic mass is 9.89. The van der Waals surface area contributed by atoms with Crippen molar-refractivity contribution in [2.75, 3.05) is 25.6 Å². The molecule has 0 bridgehead atoms. The van der Waals surface area contributed by atoms with Crippen molar-refractivity contribution in [2.45, 2.75) is 45.3 Å². The number of hydrogen-bond acceptors (Lipinski definition) is 3. The Morgan fingerprint density at radius 2 is 2.12 bits per heavy atom. The Bertz CT molecular complexity index is 247. The molecule has 0 aromatic rings. The maximum atomic E-state index is 11.2. The molecule has 1 saturated heterocycles. The number of nitrogens with zero attached hydrogens (tertiary/aromatic N) is 1. The number of rotatable bonds is 4. The lowest BCUT2D eigenvalue weighted by Crippen LogP contribution is -2.53. The van der Waals surface area contributed by atoms with Crippen LogP contribution in [0.3, 0.4) is 0 Å². The van der Waals surface area contributed by atoms with E-state index in [4.69, 9.17) is 0 Å². The average Bonchev–Trinajstić information content (AvgIpc) is 2.12. The molecule has 5 unspecified atom stereocenters. The van der Waals surface area contributed by atoms with Crippen LogP contribution >= 0.6 is 0 Å². The molecule has 1 heterocycles. The highest BCUT2D eigenvalue weighted by Crippen LogP contribution is 2.21. The first kappa shape index (κ1) is 14.1. The highest BCUT2D eigenvalue weighted by atomic mass is 32.2. The molecule has 0 aromatic carbocycles. The van der Waals surface area contributed by atoms with Crippen molar-refractivity contribution in [3.05, 3.63) is 0 Å². The van der Waals surface area contributed by atoms with Gasteiger partial charge in [0.25, 0.3) is 0 Å². The van der Waals surface area contributed by atoms with Gasteiger partial charge in [0, 0.05) is 47.5 Å². The highest BCUT2D eigenvalue weighted by molar-refractivity contribution is 7.84. The van der Waals surface area contributed by atoms with Crippen molar-refractivity contribution in [3.63, 3.8) is 0 Å². The summed E-state index contributed by atoms with van der Waals surface area (Å²) >= 11 is 0. The van der Waals surface area contributed by atoms with Crippen LogP contribution in [0.1, 0.15) is 27.2 Å². The molecule has 4 heteroatoms. The molecule has 1 N–H and O–H groups in total. The molecule has 0 amide bonds. The van der Waals surface area contributed by atoms with Gasteiger partial charge < -0.3 is 10.2 Å². The molecule has 1 aliphatic rings. The van der Waals surface area contributed by atoms with Gasteiger partial charge in [-0.05, 0) is 33.2 Å². The van der Waals surface area contributed by atoms with Crippen LogP contribution in [0.15, 0.2) is 0 Å². The molecule has 1 aliphatic heterocycles. The summed E-state index contributed by atoms with van der Waals surface area (Å²) < 4.78 is 11.2. The van der Waals surface area contributed by atoms with Crippen molar-refractivity contribution in [1.82, 2.24) is 10.2 Å². The van der Waals surface area contributed by atoms with E-state index in [0.717, 1.165) is 12.3 Å². The zero-order valence-corrected chi connectivity index (χ0v) is 12.0. The zero-order valence-electron chi connectivity index (χ0n) is 11.2. The largest absolute Gasteiger partial charge is 0.310 e. The molecule has 1 rings (SSSR count). The Morgan fingerprint density at radius 1 is 1.50 bits per heavy atom. The highest BCUT2D eigenvalue weighted by Gasteiger charge is 2.29. The molecule has 0 aromatic heterocycles. The lowest BCUT2D eigenvalue weighted by Gasteiger charge is -2.41. The summed E-state index contributed by atoms with van der Waals surface area (Å²) in [6.45, 7) is 7.87. The van der Waals surface area contributed by atoms with Gasteiger partial charge in [-0.15, -0.1) is 0 Å². The van der Waals surface area contributed by atoms with Gasteiger partial charge in [0.05, 0.1) is 0 Å². The molecular formula is C12H26N2OS. The topological polar surface area (TPSA) is 32.3 Å². The third-order valence-corrected chi connectivity index (χ3v) is 4.56. The van der Waals surface area contributed by atoms with E-state index < -0.39 is 10.8 Å². The van der Waals surface area contributed by atoms with E-state index in [0.29, 0.717) is 24.0 Å². The summed E-state index contributed by atoms with van der Waals surface area (Å²) in [5.74, 6) is 1.43. The van der Waals surface area contributed by atoms with Crippen molar-refractivity contribution in [2.24, 2.45) is 5.92 Å². The van der Waals surface area contributed by atoms with Crippen molar-refractivity contribution in [1.29, 1.82) is 0 Å². The molecule has 5 atom stereocenters. The van der Waals surface area contributed by atoms with Gasteiger partial charge in [0.15, 0.2) is 0 Å². The summed E-state index contributed by atoms with van der Waals surface area (Å²) in [5, 5.41) is 3.63. The number of likely N-dealkylation sites (tertiary alicyclic amines) is 1. The summed E-state index contributed by atoms with van der Waals surface area (Å²) in [6.07, 6.45) is 2.97. The molecule has 0 aliphatic carbocycles. The first-order valence-corrected chi connectivity index (χ1v) is 7.89. The van der Waals surface area contributed by atoms with Crippen LogP contribution in [0.5, 0.6) is 0 Å². The van der Waals surface area contributed by atoms with Gasteiger partial charge in [-0.25, -0.2) is 0 Å². The van der Waals surface area contributed by atoms with E-state index in [9.17, 15) is 4.21 Å². The van der Waals surface area contributed by atoms with Crippen LogP contribution in [0.25, 0.3) is 0 Å². The number of hydrogen-bond donors (Lipinski definition) is 1. The van der Waals surface area contributed by atoms with Gasteiger partial charge in [0.1, 0.15) is 0 Å². The minimum atomic E-state index is -0.700. The van der Waals surface area contributed by atoms with E-state index >= 15 is 0 Å². The Hall–Kier alpha value is 0.0700. The molecule has 96 valence electrons. The van der Waals surface area contributed by atoms with E-state index in [2.05, 4.69) is 38.0 Å². The predicted molar refractivity (Wildman–Crippen MR) is 71.2 cm³/mol. The van der Waals surface area contributed by atoms with Crippen molar-refractivity contribution in [3.8, 4) is 0 Å². The van der Waals surface area contributed by atoms with Crippen molar-refractivity contribution < 1.29 is 4.21 Å². The fourth-order valence-corrected chi connectivity index (χ4v) is 3.34. The Kier molecular flexibility index (Phi) is 5.41. The third-order valence-electron chi connectivity index (χ3n) is 3.59. The molecule has 0 radical (unpaired) electrons. The van der Waals surface area contributed by atoms with Crippen LogP contribution in [-0.4, -0.2) is 52.8 Å². The van der Waals surface area contributed by atoms with Crippen molar-refractivity contribution >= 4 is 10.8 Å². The molecule has 16 heavy (non-hydrogen) atoms. The van der Waals surface area contributed by atoms with Crippen LogP contribution in [0, 0.1) is 5.92 Å². The summed E-state index contributed by atoms with van der Waals surface area (Å²) in [4.78, 5) is 2.42. The number of piperidine rings is 1. The maximum absolute atomic E-state index is 11.2. The summed E-state index contributed by atoms with van der Waals surface area (Å²) in [6, 6.07) is 1.58.